The second kappa shape index (κ2) is 8.79. The minimum Gasteiger partial charge on any atom is -0.336 e. The molecule has 3 aromatic carbocycles. The molecule has 1 amide bonds. The van der Waals surface area contributed by atoms with E-state index >= 15 is 0 Å². The molecule has 0 aliphatic carbocycles. The molecule has 6 heteroatoms. The number of nitrogens with zero attached hydrogens (tertiary/aromatic N) is 4. The normalized spacial score (nSPS) is 15.8. The molecule has 1 unspecified atom stereocenters. The summed E-state index contributed by atoms with van der Waals surface area (Å²) in [6, 6.07) is 21.5. The van der Waals surface area contributed by atoms with Crippen molar-refractivity contribution in [3.8, 4) is 0 Å². The Labute approximate surface area is 193 Å². The minimum absolute atomic E-state index is 0.0150. The third-order valence-electron chi connectivity index (χ3n) is 6.76. The van der Waals surface area contributed by atoms with E-state index in [9.17, 15) is 9.59 Å². The number of benzene rings is 3. The molecule has 1 fully saturated rings. The first-order valence-electron chi connectivity index (χ1n) is 11.5. The maximum absolute atomic E-state index is 13.3. The molecule has 33 heavy (non-hydrogen) atoms. The van der Waals surface area contributed by atoms with Crippen LogP contribution in [0.4, 0.5) is 0 Å². The van der Waals surface area contributed by atoms with Crippen LogP contribution in [0.5, 0.6) is 0 Å². The molecule has 2 heterocycles. The van der Waals surface area contributed by atoms with Gasteiger partial charge < -0.3 is 4.90 Å². The van der Waals surface area contributed by atoms with Gasteiger partial charge in [-0.05, 0) is 35.4 Å². The zero-order valence-electron chi connectivity index (χ0n) is 19.1. The summed E-state index contributed by atoms with van der Waals surface area (Å²) in [4.78, 5) is 35.4. The number of para-hydroxylation sites is 1. The fourth-order valence-corrected chi connectivity index (χ4v) is 4.96. The van der Waals surface area contributed by atoms with Crippen molar-refractivity contribution >= 4 is 27.6 Å². The van der Waals surface area contributed by atoms with Crippen molar-refractivity contribution in [2.24, 2.45) is 7.05 Å². The summed E-state index contributed by atoms with van der Waals surface area (Å²) in [5, 5.41) is 2.72. The number of amides is 1. The van der Waals surface area contributed by atoms with Crippen molar-refractivity contribution in [3.05, 3.63) is 88.5 Å². The first kappa shape index (κ1) is 21.3. The fourth-order valence-electron chi connectivity index (χ4n) is 4.96. The lowest BCUT2D eigenvalue weighted by Crippen LogP contribution is -2.50. The predicted octanol–water partition coefficient (Wildman–Crippen LogP) is 4.00. The number of aromatic nitrogens is 2. The number of hydrogen-bond acceptors (Lipinski definition) is 4. The van der Waals surface area contributed by atoms with Gasteiger partial charge in [0.05, 0.1) is 16.9 Å². The van der Waals surface area contributed by atoms with Crippen molar-refractivity contribution in [1.29, 1.82) is 0 Å². The molecular formula is C27H28N4O2. The number of carbonyl (C=O) groups is 1. The van der Waals surface area contributed by atoms with E-state index in [0.29, 0.717) is 18.5 Å². The van der Waals surface area contributed by atoms with E-state index in [-0.39, 0.29) is 17.5 Å². The minimum atomic E-state index is -0.0150. The Morgan fingerprint density at radius 2 is 1.58 bits per heavy atom. The van der Waals surface area contributed by atoms with Gasteiger partial charge >= 0.3 is 0 Å². The van der Waals surface area contributed by atoms with Crippen molar-refractivity contribution < 1.29 is 4.79 Å². The largest absolute Gasteiger partial charge is 0.336 e. The Morgan fingerprint density at radius 3 is 2.33 bits per heavy atom. The van der Waals surface area contributed by atoms with Gasteiger partial charge in [-0.15, -0.1) is 0 Å². The maximum atomic E-state index is 13.3. The van der Waals surface area contributed by atoms with Crippen molar-refractivity contribution in [3.63, 3.8) is 0 Å². The predicted molar refractivity (Wildman–Crippen MR) is 131 cm³/mol. The van der Waals surface area contributed by atoms with Crippen LogP contribution in [-0.4, -0.2) is 51.4 Å². The fraction of sp³-hybridized carbons (Fsp3) is 0.296. The molecular weight excluding hydrogens is 412 g/mol. The van der Waals surface area contributed by atoms with Gasteiger partial charge in [-0.25, -0.2) is 4.98 Å². The Kier molecular flexibility index (Phi) is 5.68. The van der Waals surface area contributed by atoms with Gasteiger partial charge in [0, 0.05) is 38.8 Å². The Morgan fingerprint density at radius 1 is 0.909 bits per heavy atom. The number of fused-ring (bicyclic) bond motifs is 2. The first-order valence-corrected chi connectivity index (χ1v) is 11.5. The summed E-state index contributed by atoms with van der Waals surface area (Å²) in [5.74, 6) is 0.866. The van der Waals surface area contributed by atoms with E-state index in [1.807, 2.05) is 71.6 Å². The highest BCUT2D eigenvalue weighted by molar-refractivity contribution is 6.07. The summed E-state index contributed by atoms with van der Waals surface area (Å²) in [5.41, 5.74) is 1.48. The number of rotatable bonds is 4. The molecule has 0 bridgehead atoms. The average Bonchev–Trinajstić information content (AvgIpc) is 2.87. The van der Waals surface area contributed by atoms with Gasteiger partial charge in [0.2, 0.25) is 0 Å². The van der Waals surface area contributed by atoms with Gasteiger partial charge in [0.1, 0.15) is 5.82 Å². The van der Waals surface area contributed by atoms with Crippen LogP contribution in [0.15, 0.2) is 71.5 Å². The zero-order valence-corrected chi connectivity index (χ0v) is 19.1. The molecule has 0 spiro atoms. The quantitative estimate of drug-likeness (QED) is 0.481. The smallest absolute Gasteiger partial charge is 0.261 e. The van der Waals surface area contributed by atoms with E-state index < -0.39 is 0 Å². The van der Waals surface area contributed by atoms with Gasteiger partial charge in [0.25, 0.3) is 11.5 Å². The summed E-state index contributed by atoms with van der Waals surface area (Å²) >= 11 is 0. The van der Waals surface area contributed by atoms with Crippen LogP contribution in [0.2, 0.25) is 0 Å². The molecule has 0 saturated carbocycles. The van der Waals surface area contributed by atoms with E-state index in [2.05, 4.69) is 11.8 Å². The number of piperazine rings is 1. The highest BCUT2D eigenvalue weighted by Crippen LogP contribution is 2.26. The average molecular weight is 441 g/mol. The summed E-state index contributed by atoms with van der Waals surface area (Å²) in [6.07, 6.45) is 0.843. The third kappa shape index (κ3) is 3.80. The molecule has 0 N–H and O–H groups in total. The topological polar surface area (TPSA) is 58.4 Å². The third-order valence-corrected chi connectivity index (χ3v) is 6.76. The molecule has 168 valence electrons. The Balaban J connectivity index is 1.37. The molecule has 1 atom stereocenters. The molecule has 1 aliphatic rings. The highest BCUT2D eigenvalue weighted by atomic mass is 16.2. The second-order valence-electron chi connectivity index (χ2n) is 8.63. The number of carbonyl (C=O) groups excluding carboxylic acids is 1. The molecule has 4 aromatic rings. The van der Waals surface area contributed by atoms with Gasteiger partial charge in [-0.2, -0.15) is 0 Å². The van der Waals surface area contributed by atoms with Gasteiger partial charge in [0.15, 0.2) is 0 Å². The monoisotopic (exact) mass is 440 g/mol. The van der Waals surface area contributed by atoms with Crippen LogP contribution in [-0.2, 0) is 7.05 Å². The van der Waals surface area contributed by atoms with Crippen LogP contribution < -0.4 is 5.56 Å². The van der Waals surface area contributed by atoms with Crippen LogP contribution in [0.3, 0.4) is 0 Å². The van der Waals surface area contributed by atoms with Crippen LogP contribution in [0.25, 0.3) is 21.7 Å². The molecule has 1 aromatic heterocycles. The van der Waals surface area contributed by atoms with Gasteiger partial charge in [-0.1, -0.05) is 55.5 Å². The summed E-state index contributed by atoms with van der Waals surface area (Å²) in [7, 11) is 1.81. The highest BCUT2D eigenvalue weighted by Gasteiger charge is 2.29. The van der Waals surface area contributed by atoms with Crippen LogP contribution >= 0.6 is 0 Å². The van der Waals surface area contributed by atoms with Crippen LogP contribution in [0.1, 0.15) is 35.6 Å². The van der Waals surface area contributed by atoms with Crippen molar-refractivity contribution in [2.45, 2.75) is 19.4 Å². The van der Waals surface area contributed by atoms with E-state index in [1.54, 1.807) is 11.6 Å². The second-order valence-corrected chi connectivity index (χ2v) is 8.63. The number of hydrogen-bond donors (Lipinski definition) is 0. The Bertz CT molecular complexity index is 1380. The Hall–Kier alpha value is -3.51. The first-order chi connectivity index (χ1) is 16.1. The van der Waals surface area contributed by atoms with Crippen molar-refractivity contribution in [1.82, 2.24) is 19.4 Å². The lowest BCUT2D eigenvalue weighted by atomic mass is 10.0. The van der Waals surface area contributed by atoms with Crippen LogP contribution in [0, 0.1) is 0 Å². The molecule has 6 nitrogen and oxygen atoms in total. The SMILES string of the molecule is CCC(c1nc2ccccc2c(=O)n1C)N1CCN(C(=O)c2cccc3ccccc23)CC1. The zero-order chi connectivity index (χ0) is 22.9. The molecule has 5 rings (SSSR count). The summed E-state index contributed by atoms with van der Waals surface area (Å²) < 4.78 is 1.68. The van der Waals surface area contributed by atoms with E-state index in [1.165, 1.54) is 0 Å². The van der Waals surface area contributed by atoms with E-state index in [4.69, 9.17) is 4.98 Å². The lowest BCUT2D eigenvalue weighted by molar-refractivity contribution is 0.0551. The maximum Gasteiger partial charge on any atom is 0.261 e. The summed E-state index contributed by atoms with van der Waals surface area (Å²) in [6.45, 7) is 4.93. The molecule has 0 radical (unpaired) electrons. The van der Waals surface area contributed by atoms with E-state index in [0.717, 1.165) is 47.2 Å². The van der Waals surface area contributed by atoms with Gasteiger partial charge in [-0.3, -0.25) is 19.1 Å². The lowest BCUT2D eigenvalue weighted by Gasteiger charge is -2.39. The molecule has 1 saturated heterocycles. The standard InChI is InChI=1S/C27H28N4O2/c1-3-24(25-28-23-14-7-6-12-22(23)26(32)29(25)2)30-15-17-31(18-16-30)27(33)21-13-8-10-19-9-4-5-11-20(19)21/h4-14,24H,3,15-18H2,1-2H3. The molecule has 1 aliphatic heterocycles. The van der Waals surface area contributed by atoms with Crippen molar-refractivity contribution in [2.75, 3.05) is 26.2 Å².